The third-order valence-electron chi connectivity index (χ3n) is 2.51. The van der Waals surface area contributed by atoms with Gasteiger partial charge in [-0.2, -0.15) is 4.98 Å². The molecule has 0 aliphatic carbocycles. The second kappa shape index (κ2) is 5.41. The molecule has 0 atom stereocenters. The summed E-state index contributed by atoms with van der Waals surface area (Å²) in [7, 11) is 0. The second-order valence-corrected chi connectivity index (χ2v) is 4.67. The fourth-order valence-electron chi connectivity index (χ4n) is 1.56. The number of fused-ring (bicyclic) bond motifs is 1. The quantitative estimate of drug-likeness (QED) is 0.853. The number of halogens is 1. The van der Waals surface area contributed by atoms with Crippen molar-refractivity contribution in [3.8, 4) is 0 Å². The van der Waals surface area contributed by atoms with Gasteiger partial charge in [0.25, 0.3) is 0 Å². The molecule has 1 aromatic heterocycles. The molecule has 18 heavy (non-hydrogen) atoms. The van der Waals surface area contributed by atoms with Crippen molar-refractivity contribution in [2.75, 3.05) is 12.3 Å². The Morgan fingerprint density at radius 2 is 2.22 bits per heavy atom. The van der Waals surface area contributed by atoms with Gasteiger partial charge in [-0.05, 0) is 24.6 Å². The van der Waals surface area contributed by atoms with Gasteiger partial charge in [-0.25, -0.2) is 9.98 Å². The Hall–Kier alpha value is -1.53. The summed E-state index contributed by atoms with van der Waals surface area (Å²) < 4.78 is 0.918. The molecule has 0 aliphatic rings. The molecule has 94 valence electrons. The van der Waals surface area contributed by atoms with E-state index in [1.54, 1.807) is 0 Å². The predicted octanol–water partition coefficient (Wildman–Crippen LogP) is 2.45. The topological polar surface area (TPSA) is 84.4 Å². The molecular formula is C12H13BrN4O. The summed E-state index contributed by atoms with van der Waals surface area (Å²) in [6.45, 7) is 1.84. The number of hydrogen-bond acceptors (Lipinski definition) is 5. The summed E-state index contributed by atoms with van der Waals surface area (Å²) in [5.74, 6) is 0.670. The number of aliphatic imine (C=N–C) groups is 1. The van der Waals surface area contributed by atoms with E-state index >= 15 is 0 Å². The van der Waals surface area contributed by atoms with Crippen molar-refractivity contribution in [3.63, 3.8) is 0 Å². The summed E-state index contributed by atoms with van der Waals surface area (Å²) in [6.07, 6.45) is 0.665. The molecule has 2 rings (SSSR count). The van der Waals surface area contributed by atoms with Crippen LogP contribution >= 0.6 is 15.9 Å². The van der Waals surface area contributed by atoms with Crippen molar-refractivity contribution in [2.24, 2.45) is 4.99 Å². The van der Waals surface area contributed by atoms with Gasteiger partial charge in [0, 0.05) is 15.6 Å². The van der Waals surface area contributed by atoms with Crippen LogP contribution in [0.5, 0.6) is 0 Å². The number of nitrogens with two attached hydrogens (primary N) is 1. The van der Waals surface area contributed by atoms with Gasteiger partial charge in [0.05, 0.1) is 12.1 Å². The normalized spacial score (nSPS) is 12.1. The molecule has 0 bridgehead atoms. The van der Waals surface area contributed by atoms with Crippen LogP contribution < -0.4 is 5.73 Å². The summed E-state index contributed by atoms with van der Waals surface area (Å²) in [5, 5.41) is 9.97. The van der Waals surface area contributed by atoms with Crippen LogP contribution in [0.3, 0.4) is 0 Å². The van der Waals surface area contributed by atoms with Crippen molar-refractivity contribution in [2.45, 2.75) is 13.3 Å². The van der Waals surface area contributed by atoms with Crippen molar-refractivity contribution in [1.29, 1.82) is 0 Å². The van der Waals surface area contributed by atoms with E-state index in [-0.39, 0.29) is 12.6 Å². The minimum absolute atomic E-state index is 0.0849. The monoisotopic (exact) mass is 308 g/mol. The van der Waals surface area contributed by atoms with Crippen LogP contribution in [0.1, 0.15) is 13.3 Å². The van der Waals surface area contributed by atoms with Crippen molar-refractivity contribution >= 4 is 44.3 Å². The number of aliphatic hydroxyl groups is 1. The fourth-order valence-corrected chi connectivity index (χ4v) is 1.91. The van der Waals surface area contributed by atoms with Crippen molar-refractivity contribution < 1.29 is 5.11 Å². The third-order valence-corrected chi connectivity index (χ3v) is 3.00. The number of hydrogen-bond donors (Lipinski definition) is 2. The van der Waals surface area contributed by atoms with Crippen molar-refractivity contribution in [1.82, 2.24) is 9.97 Å². The van der Waals surface area contributed by atoms with Gasteiger partial charge in [-0.3, -0.25) is 0 Å². The van der Waals surface area contributed by atoms with E-state index in [9.17, 15) is 0 Å². The lowest BCUT2D eigenvalue weighted by Gasteiger charge is -2.05. The molecular weight excluding hydrogens is 296 g/mol. The van der Waals surface area contributed by atoms with E-state index in [1.807, 2.05) is 25.1 Å². The highest BCUT2D eigenvalue weighted by Gasteiger charge is 2.06. The minimum atomic E-state index is -0.0849. The Labute approximate surface area is 113 Å². The van der Waals surface area contributed by atoms with Crippen LogP contribution in [0.25, 0.3) is 10.9 Å². The van der Waals surface area contributed by atoms with Crippen LogP contribution in [-0.4, -0.2) is 27.4 Å². The molecule has 5 nitrogen and oxygen atoms in total. The van der Waals surface area contributed by atoms with E-state index in [4.69, 9.17) is 10.8 Å². The molecule has 1 heterocycles. The van der Waals surface area contributed by atoms with Gasteiger partial charge in [-0.1, -0.05) is 22.9 Å². The number of benzene rings is 1. The molecule has 3 N–H and O–H groups in total. The average Bonchev–Trinajstić information content (AvgIpc) is 2.34. The van der Waals surface area contributed by atoms with E-state index in [0.29, 0.717) is 18.0 Å². The number of nitrogen functional groups attached to an aromatic ring is 1. The average molecular weight is 309 g/mol. The first-order chi connectivity index (χ1) is 8.63. The first-order valence-electron chi connectivity index (χ1n) is 5.54. The zero-order valence-corrected chi connectivity index (χ0v) is 11.5. The highest BCUT2D eigenvalue weighted by molar-refractivity contribution is 9.10. The molecule has 2 aromatic rings. The van der Waals surface area contributed by atoms with Crippen LogP contribution in [0.15, 0.2) is 27.7 Å². The van der Waals surface area contributed by atoms with Crippen LogP contribution in [0, 0.1) is 0 Å². The van der Waals surface area contributed by atoms with Crippen molar-refractivity contribution in [3.05, 3.63) is 22.7 Å². The van der Waals surface area contributed by atoms with E-state index in [2.05, 4.69) is 30.9 Å². The maximum atomic E-state index is 9.16. The Balaban J connectivity index is 2.66. The maximum Gasteiger partial charge on any atom is 0.222 e. The molecule has 0 unspecified atom stereocenters. The molecule has 0 radical (unpaired) electrons. The zero-order chi connectivity index (χ0) is 13.1. The molecule has 0 saturated heterocycles. The summed E-state index contributed by atoms with van der Waals surface area (Å²) in [4.78, 5) is 12.6. The Morgan fingerprint density at radius 3 is 2.89 bits per heavy atom. The lowest BCUT2D eigenvalue weighted by atomic mass is 10.2. The number of aromatic nitrogens is 2. The summed E-state index contributed by atoms with van der Waals surface area (Å²) >= 11 is 3.38. The third kappa shape index (κ3) is 2.65. The van der Waals surface area contributed by atoms with Gasteiger partial charge in [0.2, 0.25) is 5.95 Å². The number of nitrogens with zero attached hydrogens (tertiary/aromatic N) is 3. The van der Waals surface area contributed by atoms with Gasteiger partial charge >= 0.3 is 0 Å². The molecule has 0 fully saturated rings. The lowest BCUT2D eigenvalue weighted by Crippen LogP contribution is -2.03. The minimum Gasteiger partial charge on any atom is -0.390 e. The smallest absolute Gasteiger partial charge is 0.222 e. The molecule has 0 saturated carbocycles. The summed E-state index contributed by atoms with van der Waals surface area (Å²) in [6, 6.07) is 5.63. The highest BCUT2D eigenvalue weighted by Crippen LogP contribution is 2.26. The molecule has 0 amide bonds. The van der Waals surface area contributed by atoms with Crippen LogP contribution in [0.2, 0.25) is 0 Å². The Morgan fingerprint density at radius 1 is 1.44 bits per heavy atom. The van der Waals surface area contributed by atoms with Crippen LogP contribution in [0.4, 0.5) is 11.8 Å². The lowest BCUT2D eigenvalue weighted by molar-refractivity contribution is 0.355. The molecule has 0 aliphatic heterocycles. The van der Waals surface area contributed by atoms with Crippen LogP contribution in [-0.2, 0) is 0 Å². The zero-order valence-electron chi connectivity index (χ0n) is 9.89. The van der Waals surface area contributed by atoms with Gasteiger partial charge < -0.3 is 10.8 Å². The molecule has 0 spiro atoms. The highest BCUT2D eigenvalue weighted by atomic mass is 79.9. The number of aliphatic hydroxyl groups excluding tert-OH is 1. The maximum absolute atomic E-state index is 9.16. The largest absolute Gasteiger partial charge is 0.390 e. The first kappa shape index (κ1) is 12.9. The molecule has 6 heteroatoms. The molecule has 1 aromatic carbocycles. The fraction of sp³-hybridized carbons (Fsp3) is 0.250. The van der Waals surface area contributed by atoms with E-state index in [0.717, 1.165) is 15.4 Å². The van der Waals surface area contributed by atoms with E-state index < -0.39 is 0 Å². The first-order valence-corrected chi connectivity index (χ1v) is 6.33. The predicted molar refractivity (Wildman–Crippen MR) is 76.1 cm³/mol. The number of rotatable bonds is 3. The van der Waals surface area contributed by atoms with Gasteiger partial charge in [-0.15, -0.1) is 0 Å². The SMILES string of the molecule is CC/C(CO)=N\c1nc(N)nc2cc(Br)ccc12. The standard InChI is InChI=1S/C12H13BrN4O/c1-2-8(6-18)15-11-9-4-3-7(13)5-10(9)16-12(14)17-11/h3-5,18H,2,6H2,1H3,(H2,14,16,17)/b15-8+. The Kier molecular flexibility index (Phi) is 3.88. The Bertz CT molecular complexity index is 601. The van der Waals surface area contributed by atoms with E-state index in [1.165, 1.54) is 0 Å². The van der Waals surface area contributed by atoms with Gasteiger partial charge in [0.1, 0.15) is 0 Å². The van der Waals surface area contributed by atoms with Gasteiger partial charge in [0.15, 0.2) is 5.82 Å². The second-order valence-electron chi connectivity index (χ2n) is 3.76. The summed E-state index contributed by atoms with van der Waals surface area (Å²) in [5.41, 5.74) is 7.05. The number of anilines is 1.